The number of pyridine rings is 1. The van der Waals surface area contributed by atoms with Gasteiger partial charge in [0.25, 0.3) is 0 Å². The average molecular weight is 316 g/mol. The molecule has 0 bridgehead atoms. The van der Waals surface area contributed by atoms with Crippen LogP contribution in [0.5, 0.6) is 0 Å². The molecule has 0 aliphatic carbocycles. The van der Waals surface area contributed by atoms with E-state index in [1.54, 1.807) is 19.4 Å². The van der Waals surface area contributed by atoms with Crippen molar-refractivity contribution in [3.63, 3.8) is 0 Å². The molecule has 0 amide bonds. The van der Waals surface area contributed by atoms with Crippen LogP contribution in [-0.4, -0.2) is 53.4 Å². The highest BCUT2D eigenvalue weighted by Gasteiger charge is 2.12. The van der Waals surface area contributed by atoms with E-state index in [1.807, 2.05) is 12.1 Å². The molecule has 0 atom stereocenters. The lowest BCUT2D eigenvalue weighted by molar-refractivity contribution is 0.122. The smallest absolute Gasteiger partial charge is 0.229 e. The van der Waals surface area contributed by atoms with Crippen molar-refractivity contribution in [3.05, 3.63) is 30.1 Å². The van der Waals surface area contributed by atoms with Crippen molar-refractivity contribution in [3.8, 4) is 0 Å². The Kier molecular flexibility index (Phi) is 4.84. The van der Waals surface area contributed by atoms with E-state index < -0.39 is 0 Å². The van der Waals surface area contributed by atoms with Crippen LogP contribution in [0.1, 0.15) is 5.56 Å². The summed E-state index contributed by atoms with van der Waals surface area (Å²) >= 11 is 0. The Morgan fingerprint density at radius 1 is 1.22 bits per heavy atom. The van der Waals surface area contributed by atoms with Gasteiger partial charge in [0.15, 0.2) is 0 Å². The second-order valence-corrected chi connectivity index (χ2v) is 5.11. The van der Waals surface area contributed by atoms with Crippen molar-refractivity contribution in [2.24, 2.45) is 0 Å². The predicted octanol–water partition coefficient (Wildman–Crippen LogP) is 0.986. The number of aliphatic hydroxyl groups is 1. The van der Waals surface area contributed by atoms with E-state index in [9.17, 15) is 5.11 Å². The van der Waals surface area contributed by atoms with Gasteiger partial charge in [-0.2, -0.15) is 4.98 Å². The standard InChI is InChI=1S/C15H20N6O2/c1-16-14-11(10-22)8-18-15(20-14)19-12-2-3-13(17-9-12)21-4-6-23-7-5-21/h2-3,8-9,22H,4-7,10H2,1H3,(H2,16,18,19,20). The molecule has 1 saturated heterocycles. The minimum absolute atomic E-state index is 0.105. The van der Waals surface area contributed by atoms with Gasteiger partial charge in [-0.3, -0.25) is 0 Å². The lowest BCUT2D eigenvalue weighted by atomic mass is 10.3. The number of aromatic nitrogens is 3. The van der Waals surface area contributed by atoms with E-state index in [2.05, 4.69) is 30.5 Å². The van der Waals surface area contributed by atoms with Crippen LogP contribution in [0.3, 0.4) is 0 Å². The van der Waals surface area contributed by atoms with Crippen molar-refractivity contribution in [1.82, 2.24) is 15.0 Å². The fourth-order valence-electron chi connectivity index (χ4n) is 2.37. The Labute approximate surface area is 134 Å². The fourth-order valence-corrected chi connectivity index (χ4v) is 2.37. The third-order valence-electron chi connectivity index (χ3n) is 3.61. The highest BCUT2D eigenvalue weighted by Crippen LogP contribution is 2.19. The summed E-state index contributed by atoms with van der Waals surface area (Å²) in [4.78, 5) is 15.2. The van der Waals surface area contributed by atoms with Crippen LogP contribution in [0.15, 0.2) is 24.5 Å². The zero-order valence-electron chi connectivity index (χ0n) is 13.0. The lowest BCUT2D eigenvalue weighted by Gasteiger charge is -2.27. The molecule has 2 aromatic rings. The summed E-state index contributed by atoms with van der Waals surface area (Å²) in [5.74, 6) is 1.99. The van der Waals surface area contributed by atoms with Crippen molar-refractivity contribution >= 4 is 23.3 Å². The molecule has 0 aromatic carbocycles. The van der Waals surface area contributed by atoms with Crippen LogP contribution < -0.4 is 15.5 Å². The second-order valence-electron chi connectivity index (χ2n) is 5.11. The molecular formula is C15H20N6O2. The van der Waals surface area contributed by atoms with E-state index in [0.29, 0.717) is 17.3 Å². The number of morpholine rings is 1. The Balaban J connectivity index is 1.70. The van der Waals surface area contributed by atoms with Crippen LogP contribution in [0.25, 0.3) is 0 Å². The largest absolute Gasteiger partial charge is 0.391 e. The van der Waals surface area contributed by atoms with Crippen LogP contribution in [0, 0.1) is 0 Å². The van der Waals surface area contributed by atoms with E-state index in [0.717, 1.165) is 37.8 Å². The molecule has 0 saturated carbocycles. The third-order valence-corrected chi connectivity index (χ3v) is 3.61. The van der Waals surface area contributed by atoms with Gasteiger partial charge in [-0.15, -0.1) is 0 Å². The van der Waals surface area contributed by atoms with Gasteiger partial charge in [-0.05, 0) is 12.1 Å². The number of rotatable bonds is 5. The highest BCUT2D eigenvalue weighted by molar-refractivity contribution is 5.57. The minimum Gasteiger partial charge on any atom is -0.391 e. The zero-order valence-corrected chi connectivity index (χ0v) is 13.0. The van der Waals surface area contributed by atoms with Crippen molar-refractivity contribution < 1.29 is 9.84 Å². The molecule has 1 fully saturated rings. The van der Waals surface area contributed by atoms with E-state index in [1.165, 1.54) is 0 Å². The maximum Gasteiger partial charge on any atom is 0.229 e. The summed E-state index contributed by atoms with van der Waals surface area (Å²) in [5.41, 5.74) is 1.46. The molecule has 3 heterocycles. The number of anilines is 4. The fraction of sp³-hybridized carbons (Fsp3) is 0.400. The summed E-state index contributed by atoms with van der Waals surface area (Å²) in [6.07, 6.45) is 3.35. The van der Waals surface area contributed by atoms with Gasteiger partial charge in [0.2, 0.25) is 5.95 Å². The summed E-state index contributed by atoms with van der Waals surface area (Å²) in [7, 11) is 1.75. The first-order chi connectivity index (χ1) is 11.3. The number of hydrogen-bond acceptors (Lipinski definition) is 8. The summed E-state index contributed by atoms with van der Waals surface area (Å²) in [6, 6.07) is 3.91. The molecule has 0 radical (unpaired) electrons. The zero-order chi connectivity index (χ0) is 16.1. The summed E-state index contributed by atoms with van der Waals surface area (Å²) in [5, 5.41) is 15.3. The predicted molar refractivity (Wildman–Crippen MR) is 88.1 cm³/mol. The number of ether oxygens (including phenoxy) is 1. The molecule has 23 heavy (non-hydrogen) atoms. The van der Waals surface area contributed by atoms with Crippen LogP contribution >= 0.6 is 0 Å². The van der Waals surface area contributed by atoms with Gasteiger partial charge >= 0.3 is 0 Å². The lowest BCUT2D eigenvalue weighted by Crippen LogP contribution is -2.36. The summed E-state index contributed by atoms with van der Waals surface area (Å²) < 4.78 is 5.34. The summed E-state index contributed by atoms with van der Waals surface area (Å²) in [6.45, 7) is 3.08. The highest BCUT2D eigenvalue weighted by atomic mass is 16.5. The third kappa shape index (κ3) is 3.66. The quantitative estimate of drug-likeness (QED) is 0.751. The first-order valence-corrected chi connectivity index (χ1v) is 7.50. The topological polar surface area (TPSA) is 95.4 Å². The molecule has 1 aliphatic heterocycles. The second kappa shape index (κ2) is 7.21. The molecule has 122 valence electrons. The molecule has 8 nitrogen and oxygen atoms in total. The first kappa shape index (κ1) is 15.4. The normalized spacial score (nSPS) is 14.6. The van der Waals surface area contributed by atoms with Gasteiger partial charge in [-0.25, -0.2) is 9.97 Å². The van der Waals surface area contributed by atoms with Gasteiger partial charge < -0.3 is 25.4 Å². The Bertz CT molecular complexity index is 643. The number of nitrogens with zero attached hydrogens (tertiary/aromatic N) is 4. The molecule has 2 aromatic heterocycles. The van der Waals surface area contributed by atoms with Gasteiger partial charge in [0.1, 0.15) is 11.6 Å². The Morgan fingerprint density at radius 3 is 2.70 bits per heavy atom. The first-order valence-electron chi connectivity index (χ1n) is 7.50. The number of hydrogen-bond donors (Lipinski definition) is 3. The van der Waals surface area contributed by atoms with E-state index >= 15 is 0 Å². The maximum atomic E-state index is 9.22. The van der Waals surface area contributed by atoms with Gasteiger partial charge in [-0.1, -0.05) is 0 Å². The van der Waals surface area contributed by atoms with Gasteiger partial charge in [0.05, 0.1) is 31.7 Å². The van der Waals surface area contributed by atoms with Crippen molar-refractivity contribution in [1.29, 1.82) is 0 Å². The molecule has 8 heteroatoms. The number of aliphatic hydroxyl groups excluding tert-OH is 1. The van der Waals surface area contributed by atoms with E-state index in [4.69, 9.17) is 4.74 Å². The number of nitrogens with one attached hydrogen (secondary N) is 2. The van der Waals surface area contributed by atoms with Crippen LogP contribution in [-0.2, 0) is 11.3 Å². The molecule has 1 aliphatic rings. The minimum atomic E-state index is -0.105. The molecule has 3 rings (SSSR count). The Hall–Kier alpha value is -2.45. The van der Waals surface area contributed by atoms with Crippen molar-refractivity contribution in [2.45, 2.75) is 6.61 Å². The van der Waals surface area contributed by atoms with Gasteiger partial charge in [0, 0.05) is 31.9 Å². The SMILES string of the molecule is CNc1nc(Nc2ccc(N3CCOCC3)nc2)ncc1CO. The average Bonchev–Trinajstić information content (AvgIpc) is 2.63. The Morgan fingerprint density at radius 2 is 2.04 bits per heavy atom. The molecule has 0 unspecified atom stereocenters. The molecular weight excluding hydrogens is 296 g/mol. The van der Waals surface area contributed by atoms with Crippen LogP contribution in [0.4, 0.5) is 23.3 Å². The van der Waals surface area contributed by atoms with Crippen molar-refractivity contribution in [2.75, 3.05) is 48.9 Å². The molecule has 0 spiro atoms. The van der Waals surface area contributed by atoms with E-state index in [-0.39, 0.29) is 6.61 Å². The monoisotopic (exact) mass is 316 g/mol. The molecule has 3 N–H and O–H groups in total. The maximum absolute atomic E-state index is 9.22. The van der Waals surface area contributed by atoms with Crippen LogP contribution in [0.2, 0.25) is 0 Å².